The molecule has 0 N–H and O–H groups in total. The van der Waals surface area contributed by atoms with E-state index in [1.807, 2.05) is 0 Å². The average Bonchev–Trinajstić information content (AvgIpc) is 2.72. The Kier molecular flexibility index (Phi) is 4.97. The van der Waals surface area contributed by atoms with Crippen molar-refractivity contribution < 1.29 is 53.8 Å². The number of amides is 2. The lowest BCUT2D eigenvalue weighted by molar-refractivity contribution is -0.457. The predicted octanol–water partition coefficient (Wildman–Crippen LogP) is 3.72. The zero-order valence-electron chi connectivity index (χ0n) is 12.8. The fourth-order valence-corrected chi connectivity index (χ4v) is 2.46. The standard InChI is InChI=1S/C14H8F9NO3/c15-12(16,17)11(13(18,19)20,14(21,22)23)27-6-5-24-9(25)7-3-1-2-4-8(7)10(24)26/h1-4H,5-6H2. The molecule has 1 aliphatic rings. The number of hydrogen-bond donors (Lipinski definition) is 0. The molecule has 1 aromatic carbocycles. The summed E-state index contributed by atoms with van der Waals surface area (Å²) in [6, 6.07) is 5.02. The van der Waals surface area contributed by atoms with Crippen molar-refractivity contribution in [2.75, 3.05) is 13.2 Å². The molecule has 1 heterocycles. The zero-order chi connectivity index (χ0) is 20.8. The van der Waals surface area contributed by atoms with Crippen molar-refractivity contribution in [2.45, 2.75) is 24.1 Å². The van der Waals surface area contributed by atoms with E-state index in [4.69, 9.17) is 0 Å². The summed E-state index contributed by atoms with van der Waals surface area (Å²) in [5.41, 5.74) is -6.82. The molecule has 0 bridgehead atoms. The summed E-state index contributed by atoms with van der Waals surface area (Å²) in [5, 5.41) is 0. The number of alkyl halides is 9. The Morgan fingerprint density at radius 1 is 0.741 bits per heavy atom. The number of benzene rings is 1. The number of ether oxygens (including phenoxy) is 1. The minimum atomic E-state index is -6.88. The van der Waals surface area contributed by atoms with Crippen LogP contribution in [-0.2, 0) is 4.74 Å². The quantitative estimate of drug-likeness (QED) is 0.563. The van der Waals surface area contributed by atoms with Crippen LogP contribution in [0.25, 0.3) is 0 Å². The van der Waals surface area contributed by atoms with Crippen molar-refractivity contribution in [1.29, 1.82) is 0 Å². The molecule has 0 saturated heterocycles. The molecule has 0 unspecified atom stereocenters. The Hall–Kier alpha value is -2.31. The Labute approximate surface area is 144 Å². The summed E-state index contributed by atoms with van der Waals surface area (Å²) in [6.45, 7) is -3.08. The second-order valence-electron chi connectivity index (χ2n) is 5.33. The number of halogens is 9. The van der Waals surface area contributed by atoms with Crippen molar-refractivity contribution in [3.8, 4) is 0 Å². The highest BCUT2D eigenvalue weighted by Gasteiger charge is 2.85. The monoisotopic (exact) mass is 409 g/mol. The van der Waals surface area contributed by atoms with Crippen LogP contribution in [0.2, 0.25) is 0 Å². The maximum Gasteiger partial charge on any atom is 0.435 e. The summed E-state index contributed by atoms with van der Waals surface area (Å²) in [4.78, 5) is 24.1. The second kappa shape index (κ2) is 6.39. The number of carbonyl (C=O) groups excluding carboxylic acids is 2. The minimum absolute atomic E-state index is 0.184. The van der Waals surface area contributed by atoms with Crippen LogP contribution in [-0.4, -0.2) is 54.0 Å². The lowest BCUT2D eigenvalue weighted by atomic mass is 10.0. The lowest BCUT2D eigenvalue weighted by Crippen LogP contribution is -2.68. The first kappa shape index (κ1) is 21.0. The van der Waals surface area contributed by atoms with Crippen LogP contribution >= 0.6 is 0 Å². The summed E-state index contributed by atoms with van der Waals surface area (Å²) < 4.78 is 118. The molecule has 1 aliphatic heterocycles. The summed E-state index contributed by atoms with van der Waals surface area (Å²) >= 11 is 0. The van der Waals surface area contributed by atoms with Crippen LogP contribution in [0.5, 0.6) is 0 Å². The van der Waals surface area contributed by atoms with Gasteiger partial charge in [0, 0.05) is 0 Å². The van der Waals surface area contributed by atoms with Gasteiger partial charge in [0.15, 0.2) is 0 Å². The van der Waals surface area contributed by atoms with Crippen molar-refractivity contribution in [1.82, 2.24) is 4.90 Å². The molecule has 2 rings (SSSR count). The van der Waals surface area contributed by atoms with E-state index in [0.29, 0.717) is 0 Å². The zero-order valence-corrected chi connectivity index (χ0v) is 12.8. The SMILES string of the molecule is O=C1c2ccccc2C(=O)N1CCOC(C(F)(F)F)(C(F)(F)F)C(F)(F)F. The molecule has 0 aromatic heterocycles. The first-order valence-corrected chi connectivity index (χ1v) is 6.94. The maximum absolute atomic E-state index is 12.7. The van der Waals surface area contributed by atoms with Crippen molar-refractivity contribution in [3.05, 3.63) is 35.4 Å². The molecular weight excluding hydrogens is 401 g/mol. The van der Waals surface area contributed by atoms with Gasteiger partial charge in [-0.15, -0.1) is 0 Å². The van der Waals surface area contributed by atoms with E-state index in [2.05, 4.69) is 4.74 Å². The molecule has 0 aliphatic carbocycles. The highest BCUT2D eigenvalue weighted by Crippen LogP contribution is 2.54. The van der Waals surface area contributed by atoms with Crippen LogP contribution < -0.4 is 0 Å². The fourth-order valence-electron chi connectivity index (χ4n) is 2.46. The number of imide groups is 1. The van der Waals surface area contributed by atoms with E-state index in [1.165, 1.54) is 24.3 Å². The molecule has 0 radical (unpaired) electrons. The van der Waals surface area contributed by atoms with Crippen molar-refractivity contribution in [3.63, 3.8) is 0 Å². The van der Waals surface area contributed by atoms with Gasteiger partial charge in [-0.2, -0.15) is 39.5 Å². The van der Waals surface area contributed by atoms with E-state index in [9.17, 15) is 49.1 Å². The van der Waals surface area contributed by atoms with Gasteiger partial charge in [-0.25, -0.2) is 0 Å². The molecule has 0 fully saturated rings. The molecule has 2 amide bonds. The van der Waals surface area contributed by atoms with Crippen molar-refractivity contribution in [2.24, 2.45) is 0 Å². The summed E-state index contributed by atoms with van der Waals surface area (Å²) in [5.74, 6) is -2.15. The number of carbonyl (C=O) groups is 2. The third-order valence-electron chi connectivity index (χ3n) is 3.71. The molecule has 0 saturated carbocycles. The smallest absolute Gasteiger partial charge is 0.349 e. The van der Waals surface area contributed by atoms with Gasteiger partial charge in [0.2, 0.25) is 0 Å². The van der Waals surface area contributed by atoms with E-state index < -0.39 is 49.1 Å². The van der Waals surface area contributed by atoms with Gasteiger partial charge in [-0.05, 0) is 12.1 Å². The Bertz CT molecular complexity index is 680. The van der Waals surface area contributed by atoms with Gasteiger partial charge >= 0.3 is 24.1 Å². The molecule has 4 nitrogen and oxygen atoms in total. The number of hydrogen-bond acceptors (Lipinski definition) is 3. The van der Waals surface area contributed by atoms with Crippen LogP contribution in [0.15, 0.2) is 24.3 Å². The second-order valence-corrected chi connectivity index (χ2v) is 5.33. The lowest BCUT2D eigenvalue weighted by Gasteiger charge is -2.38. The Morgan fingerprint density at radius 2 is 1.11 bits per heavy atom. The largest absolute Gasteiger partial charge is 0.435 e. The van der Waals surface area contributed by atoms with Gasteiger partial charge in [0.05, 0.1) is 24.3 Å². The first-order valence-electron chi connectivity index (χ1n) is 6.94. The van der Waals surface area contributed by atoms with Crippen LogP contribution in [0.4, 0.5) is 39.5 Å². The Morgan fingerprint density at radius 3 is 1.44 bits per heavy atom. The molecule has 13 heteroatoms. The first-order chi connectivity index (χ1) is 12.1. The van der Waals surface area contributed by atoms with Gasteiger partial charge in [0.1, 0.15) is 0 Å². The third kappa shape index (κ3) is 3.24. The van der Waals surface area contributed by atoms with E-state index in [1.54, 1.807) is 0 Å². The van der Waals surface area contributed by atoms with E-state index >= 15 is 0 Å². The number of rotatable bonds is 4. The van der Waals surface area contributed by atoms with Crippen LogP contribution in [0.3, 0.4) is 0 Å². The molecule has 1 aromatic rings. The van der Waals surface area contributed by atoms with Crippen LogP contribution in [0.1, 0.15) is 20.7 Å². The molecular formula is C14H8F9NO3. The summed E-state index contributed by atoms with van der Waals surface area (Å²) in [6.07, 6.45) is -20.7. The Balaban J connectivity index is 2.25. The number of nitrogens with zero attached hydrogens (tertiary/aromatic N) is 1. The van der Waals surface area contributed by atoms with Crippen molar-refractivity contribution >= 4 is 11.8 Å². The van der Waals surface area contributed by atoms with Gasteiger partial charge < -0.3 is 4.74 Å². The van der Waals surface area contributed by atoms with Gasteiger partial charge in [-0.1, -0.05) is 12.1 Å². The maximum atomic E-state index is 12.7. The van der Waals surface area contributed by atoms with Crippen LogP contribution in [0, 0.1) is 0 Å². The molecule has 0 spiro atoms. The normalized spacial score (nSPS) is 16.1. The highest BCUT2D eigenvalue weighted by molar-refractivity contribution is 6.21. The molecule has 0 atom stereocenters. The topological polar surface area (TPSA) is 46.6 Å². The van der Waals surface area contributed by atoms with Gasteiger partial charge in [0.25, 0.3) is 11.8 Å². The van der Waals surface area contributed by atoms with Gasteiger partial charge in [-0.3, -0.25) is 14.5 Å². The predicted molar refractivity (Wildman–Crippen MR) is 68.7 cm³/mol. The third-order valence-corrected chi connectivity index (χ3v) is 3.71. The fraction of sp³-hybridized carbons (Fsp3) is 0.429. The minimum Gasteiger partial charge on any atom is -0.349 e. The van der Waals surface area contributed by atoms with E-state index in [-0.39, 0.29) is 16.0 Å². The highest BCUT2D eigenvalue weighted by atomic mass is 19.4. The average molecular weight is 409 g/mol. The number of fused-ring (bicyclic) bond motifs is 1. The van der Waals surface area contributed by atoms with E-state index in [0.717, 1.165) is 0 Å². The molecule has 27 heavy (non-hydrogen) atoms. The summed E-state index contributed by atoms with van der Waals surface area (Å²) in [7, 11) is 0. The molecule has 150 valence electrons.